The van der Waals surface area contributed by atoms with Crippen LogP contribution in [0, 0.1) is 5.82 Å². The molecule has 4 aromatic rings. The van der Waals surface area contributed by atoms with Gasteiger partial charge in [0.05, 0.1) is 30.8 Å². The number of thiocarbonyl (C=S) groups is 1. The zero-order valence-electron chi connectivity index (χ0n) is 20.0. The largest absolute Gasteiger partial charge is 0.494 e. The number of anilines is 2. The lowest BCUT2D eigenvalue weighted by atomic mass is 10.0. The number of halogens is 1. The van der Waals surface area contributed by atoms with Crippen LogP contribution >= 0.6 is 12.2 Å². The third-order valence-corrected chi connectivity index (χ3v) is 6.95. The minimum atomic E-state index is -3.50. The molecule has 0 unspecified atom stereocenters. The van der Waals surface area contributed by atoms with Crippen molar-refractivity contribution >= 4 is 38.7 Å². The number of aromatic nitrogens is 2. The zero-order valence-corrected chi connectivity index (χ0v) is 21.6. The van der Waals surface area contributed by atoms with Crippen molar-refractivity contribution in [2.45, 2.75) is 12.1 Å². The Balaban J connectivity index is 1.64. The van der Waals surface area contributed by atoms with Crippen molar-refractivity contribution in [3.63, 3.8) is 0 Å². The summed E-state index contributed by atoms with van der Waals surface area (Å²) in [7, 11) is -2.03. The number of ether oxygens (including phenoxy) is 1. The third kappa shape index (κ3) is 5.00. The number of methoxy groups -OCH3 is 1. The fourth-order valence-electron chi connectivity index (χ4n) is 4.52. The molecule has 37 heavy (non-hydrogen) atoms. The highest BCUT2D eigenvalue weighted by molar-refractivity contribution is 7.92. The van der Waals surface area contributed by atoms with Gasteiger partial charge in [0.15, 0.2) is 5.11 Å². The van der Waals surface area contributed by atoms with E-state index in [4.69, 9.17) is 17.0 Å². The smallest absolute Gasteiger partial charge is 0.229 e. The van der Waals surface area contributed by atoms with E-state index in [9.17, 15) is 12.8 Å². The molecule has 0 bridgehead atoms. The van der Waals surface area contributed by atoms with Gasteiger partial charge in [0.25, 0.3) is 0 Å². The molecule has 8 nitrogen and oxygen atoms in total. The molecular weight excluding hydrogens is 513 g/mol. The summed E-state index contributed by atoms with van der Waals surface area (Å²) in [5.74, 6) is 0.0312. The molecule has 1 saturated heterocycles. The predicted octanol–water partition coefficient (Wildman–Crippen LogP) is 4.57. The summed E-state index contributed by atoms with van der Waals surface area (Å²) in [6, 6.07) is 20.4. The van der Waals surface area contributed by atoms with E-state index in [0.29, 0.717) is 22.2 Å². The number of hydrogen-bond donors (Lipinski definition) is 2. The summed E-state index contributed by atoms with van der Waals surface area (Å²) in [5, 5.41) is 3.88. The van der Waals surface area contributed by atoms with Gasteiger partial charge in [-0.25, -0.2) is 12.8 Å². The molecule has 3 heterocycles. The van der Waals surface area contributed by atoms with Crippen molar-refractivity contribution in [2.75, 3.05) is 23.0 Å². The van der Waals surface area contributed by atoms with Gasteiger partial charge in [0.1, 0.15) is 17.6 Å². The first-order valence-electron chi connectivity index (χ1n) is 11.3. The molecule has 2 N–H and O–H groups in total. The molecule has 190 valence electrons. The van der Waals surface area contributed by atoms with Gasteiger partial charge >= 0.3 is 0 Å². The van der Waals surface area contributed by atoms with Crippen LogP contribution < -0.4 is 19.7 Å². The molecule has 0 spiro atoms. The molecular formula is C26H24FN5O3S2. The molecule has 1 aliphatic heterocycles. The Hall–Kier alpha value is -3.96. The van der Waals surface area contributed by atoms with Gasteiger partial charge in [0, 0.05) is 35.5 Å². The van der Waals surface area contributed by atoms with Crippen LogP contribution in [0.1, 0.15) is 23.5 Å². The van der Waals surface area contributed by atoms with Crippen molar-refractivity contribution in [1.29, 1.82) is 0 Å². The lowest BCUT2D eigenvalue weighted by Gasteiger charge is -2.29. The molecule has 0 radical (unpaired) electrons. The maximum absolute atomic E-state index is 13.6. The van der Waals surface area contributed by atoms with Crippen molar-refractivity contribution in [1.82, 2.24) is 14.9 Å². The number of benzene rings is 2. The van der Waals surface area contributed by atoms with Gasteiger partial charge < -0.3 is 19.5 Å². The van der Waals surface area contributed by atoms with Crippen molar-refractivity contribution in [3.8, 4) is 11.4 Å². The Morgan fingerprint density at radius 1 is 1.05 bits per heavy atom. The van der Waals surface area contributed by atoms with E-state index in [-0.39, 0.29) is 17.9 Å². The van der Waals surface area contributed by atoms with Gasteiger partial charge in [0.2, 0.25) is 10.0 Å². The van der Waals surface area contributed by atoms with Crippen molar-refractivity contribution in [2.24, 2.45) is 0 Å². The second kappa shape index (κ2) is 9.83. The highest BCUT2D eigenvalue weighted by Gasteiger charge is 2.42. The maximum Gasteiger partial charge on any atom is 0.229 e. The van der Waals surface area contributed by atoms with E-state index in [1.807, 2.05) is 46.0 Å². The average molecular weight is 538 g/mol. The predicted molar refractivity (Wildman–Crippen MR) is 145 cm³/mol. The van der Waals surface area contributed by atoms with Gasteiger partial charge in [-0.15, -0.1) is 0 Å². The van der Waals surface area contributed by atoms with Crippen molar-refractivity contribution in [3.05, 3.63) is 102 Å². The standard InChI is InChI=1S/C26H24FN5O3S2/c1-35-23-16-19(12-13-20(23)30-37(2,33)34)32-25(24(29-26(32)36)21-6-3-4-14-28-21)22-7-5-15-31(22)18-10-8-17(27)9-11-18/h3-16,24-25,30H,1-2H3,(H,29,36)/t24-,25+/m1/s1. The maximum atomic E-state index is 13.6. The molecule has 1 aliphatic rings. The summed E-state index contributed by atoms with van der Waals surface area (Å²) in [5.41, 5.74) is 3.51. The Kier molecular flexibility index (Phi) is 6.57. The minimum Gasteiger partial charge on any atom is -0.494 e. The number of sulfonamides is 1. The number of nitrogens with one attached hydrogen (secondary N) is 2. The van der Waals surface area contributed by atoms with Gasteiger partial charge in [-0.05, 0) is 72.9 Å². The SMILES string of the molecule is COc1cc(N2C(=S)N[C@H](c3ccccn3)[C@@H]2c2cccn2-c2ccc(F)cc2)ccc1NS(C)(=O)=O. The summed E-state index contributed by atoms with van der Waals surface area (Å²) >= 11 is 5.80. The first kappa shape index (κ1) is 24.7. The summed E-state index contributed by atoms with van der Waals surface area (Å²) in [4.78, 5) is 6.53. The Morgan fingerprint density at radius 3 is 2.49 bits per heavy atom. The molecule has 2 atom stereocenters. The minimum absolute atomic E-state index is 0.303. The van der Waals surface area contributed by atoms with Gasteiger partial charge in [-0.2, -0.15) is 0 Å². The molecule has 2 aromatic heterocycles. The van der Waals surface area contributed by atoms with Gasteiger partial charge in [-0.3, -0.25) is 9.71 Å². The number of pyridine rings is 1. The van der Waals surface area contributed by atoms with E-state index in [1.54, 1.807) is 36.5 Å². The highest BCUT2D eigenvalue weighted by Crippen LogP contribution is 2.44. The number of hydrogen-bond acceptors (Lipinski definition) is 5. The van der Waals surface area contributed by atoms with Crippen LogP contribution in [0.2, 0.25) is 0 Å². The second-order valence-corrected chi connectivity index (χ2v) is 10.7. The fraction of sp³-hybridized carbons (Fsp3) is 0.154. The van der Waals surface area contributed by atoms with E-state index in [0.717, 1.165) is 23.3 Å². The normalized spacial score (nSPS) is 17.5. The first-order chi connectivity index (χ1) is 17.7. The van der Waals surface area contributed by atoms with Crippen LogP contribution in [0.5, 0.6) is 5.75 Å². The summed E-state index contributed by atoms with van der Waals surface area (Å²) in [6.45, 7) is 0. The lowest BCUT2D eigenvalue weighted by Crippen LogP contribution is -2.30. The van der Waals surface area contributed by atoms with Crippen molar-refractivity contribution < 1.29 is 17.5 Å². The van der Waals surface area contributed by atoms with E-state index < -0.39 is 10.0 Å². The van der Waals surface area contributed by atoms with Crippen LogP contribution in [-0.4, -0.2) is 36.4 Å². The van der Waals surface area contributed by atoms with Crippen LogP contribution in [0.4, 0.5) is 15.8 Å². The Bertz CT molecular complexity index is 1540. The molecule has 0 amide bonds. The zero-order chi connectivity index (χ0) is 26.2. The summed E-state index contributed by atoms with van der Waals surface area (Å²) in [6.07, 6.45) is 4.72. The van der Waals surface area contributed by atoms with E-state index >= 15 is 0 Å². The molecule has 0 aliphatic carbocycles. The topological polar surface area (TPSA) is 88.5 Å². The van der Waals surface area contributed by atoms with Gasteiger partial charge in [-0.1, -0.05) is 6.07 Å². The Labute approximate surface area is 219 Å². The second-order valence-electron chi connectivity index (χ2n) is 8.53. The molecule has 5 rings (SSSR count). The highest BCUT2D eigenvalue weighted by atomic mass is 32.2. The third-order valence-electron chi connectivity index (χ3n) is 6.04. The Morgan fingerprint density at radius 2 is 1.81 bits per heavy atom. The molecule has 1 fully saturated rings. The lowest BCUT2D eigenvalue weighted by molar-refractivity contribution is 0.417. The van der Waals surface area contributed by atoms with Crippen LogP contribution in [0.25, 0.3) is 5.69 Å². The van der Waals surface area contributed by atoms with Crippen LogP contribution in [0.3, 0.4) is 0 Å². The molecule has 2 aromatic carbocycles. The number of nitrogens with zero attached hydrogens (tertiary/aromatic N) is 3. The summed E-state index contributed by atoms with van der Waals surface area (Å²) < 4.78 is 47.2. The van der Waals surface area contributed by atoms with Crippen LogP contribution in [-0.2, 0) is 10.0 Å². The molecule has 0 saturated carbocycles. The average Bonchev–Trinajstić information content (AvgIpc) is 3.49. The van der Waals surface area contributed by atoms with E-state index in [1.165, 1.54) is 19.2 Å². The quantitative estimate of drug-likeness (QED) is 0.334. The van der Waals surface area contributed by atoms with E-state index in [2.05, 4.69) is 15.0 Å². The fourth-order valence-corrected chi connectivity index (χ4v) is 5.43. The monoisotopic (exact) mass is 537 g/mol. The van der Waals surface area contributed by atoms with Crippen LogP contribution in [0.15, 0.2) is 85.2 Å². The first-order valence-corrected chi connectivity index (χ1v) is 13.6. The molecule has 11 heteroatoms. The number of rotatable bonds is 7.